The molecular weight excluding hydrogens is 242 g/mol. The van der Waals surface area contributed by atoms with E-state index in [4.69, 9.17) is 10.2 Å². The van der Waals surface area contributed by atoms with E-state index in [1.54, 1.807) is 10.7 Å². The normalized spacial score (nSPS) is 11.0. The molecule has 0 radical (unpaired) electrons. The van der Waals surface area contributed by atoms with E-state index in [0.29, 0.717) is 18.5 Å². The van der Waals surface area contributed by atoms with Gasteiger partial charge in [-0.25, -0.2) is 0 Å². The SMILES string of the molecule is NCc1ccc(Cn2ncc(=O)c3ccccc32)o1. The second-order valence-electron chi connectivity index (χ2n) is 4.26. The first-order chi connectivity index (χ1) is 9.28. The number of furan rings is 1. The fraction of sp³-hybridized carbons (Fsp3) is 0.143. The van der Waals surface area contributed by atoms with Crippen LogP contribution in [0.2, 0.25) is 0 Å². The van der Waals surface area contributed by atoms with Gasteiger partial charge in [-0.05, 0) is 24.3 Å². The number of hydrogen-bond acceptors (Lipinski definition) is 4. The topological polar surface area (TPSA) is 74.1 Å². The van der Waals surface area contributed by atoms with Gasteiger partial charge in [-0.3, -0.25) is 9.48 Å². The quantitative estimate of drug-likeness (QED) is 0.769. The second-order valence-corrected chi connectivity index (χ2v) is 4.26. The third-order valence-electron chi connectivity index (χ3n) is 2.99. The molecule has 0 fully saturated rings. The molecule has 0 atom stereocenters. The van der Waals surface area contributed by atoms with E-state index < -0.39 is 0 Å². The van der Waals surface area contributed by atoms with E-state index in [2.05, 4.69) is 5.10 Å². The molecule has 0 aliphatic heterocycles. The van der Waals surface area contributed by atoms with Gasteiger partial charge >= 0.3 is 0 Å². The lowest BCUT2D eigenvalue weighted by molar-refractivity contribution is 0.447. The van der Waals surface area contributed by atoms with Gasteiger partial charge < -0.3 is 10.2 Å². The molecule has 96 valence electrons. The van der Waals surface area contributed by atoms with Crippen LogP contribution in [0.4, 0.5) is 0 Å². The molecule has 0 spiro atoms. The van der Waals surface area contributed by atoms with Crippen LogP contribution in [-0.2, 0) is 13.1 Å². The van der Waals surface area contributed by atoms with Crippen molar-refractivity contribution in [2.75, 3.05) is 0 Å². The minimum absolute atomic E-state index is 0.0751. The van der Waals surface area contributed by atoms with Gasteiger partial charge in [-0.2, -0.15) is 5.10 Å². The van der Waals surface area contributed by atoms with Gasteiger partial charge in [-0.15, -0.1) is 0 Å². The Bertz CT molecular complexity index is 773. The minimum Gasteiger partial charge on any atom is -0.463 e. The number of nitrogens with two attached hydrogens (primary N) is 1. The van der Waals surface area contributed by atoms with Gasteiger partial charge in [0.05, 0.1) is 24.8 Å². The molecule has 0 amide bonds. The van der Waals surface area contributed by atoms with Crippen molar-refractivity contribution < 1.29 is 4.42 Å². The summed E-state index contributed by atoms with van der Waals surface area (Å²) in [6, 6.07) is 11.1. The molecule has 5 heteroatoms. The highest BCUT2D eigenvalue weighted by molar-refractivity contribution is 5.77. The summed E-state index contributed by atoms with van der Waals surface area (Å²) >= 11 is 0. The van der Waals surface area contributed by atoms with Crippen LogP contribution in [0.15, 0.2) is 51.8 Å². The molecule has 2 N–H and O–H groups in total. The Kier molecular flexibility index (Phi) is 2.89. The van der Waals surface area contributed by atoms with Gasteiger partial charge in [0, 0.05) is 5.39 Å². The van der Waals surface area contributed by atoms with Crippen LogP contribution in [0.25, 0.3) is 10.9 Å². The maximum atomic E-state index is 11.7. The maximum Gasteiger partial charge on any atom is 0.207 e. The molecule has 1 aromatic carbocycles. The third kappa shape index (κ3) is 2.15. The second kappa shape index (κ2) is 4.70. The van der Waals surface area contributed by atoms with Gasteiger partial charge in [-0.1, -0.05) is 12.1 Å². The van der Waals surface area contributed by atoms with Crippen molar-refractivity contribution in [3.05, 3.63) is 64.3 Å². The molecular formula is C14H13N3O2. The van der Waals surface area contributed by atoms with E-state index in [1.807, 2.05) is 30.3 Å². The van der Waals surface area contributed by atoms with E-state index >= 15 is 0 Å². The molecule has 2 aromatic heterocycles. The summed E-state index contributed by atoms with van der Waals surface area (Å²) < 4.78 is 7.30. The van der Waals surface area contributed by atoms with E-state index in [0.717, 1.165) is 17.0 Å². The molecule has 0 bridgehead atoms. The predicted molar refractivity (Wildman–Crippen MR) is 71.7 cm³/mol. The maximum absolute atomic E-state index is 11.7. The van der Waals surface area contributed by atoms with E-state index in [1.165, 1.54) is 6.20 Å². The summed E-state index contributed by atoms with van der Waals surface area (Å²) in [6.07, 6.45) is 1.33. The lowest BCUT2D eigenvalue weighted by Gasteiger charge is -2.07. The summed E-state index contributed by atoms with van der Waals surface area (Å²) in [5, 5.41) is 4.81. The summed E-state index contributed by atoms with van der Waals surface area (Å²) in [7, 11) is 0. The Hall–Kier alpha value is -2.40. The zero-order valence-electron chi connectivity index (χ0n) is 10.2. The first-order valence-corrected chi connectivity index (χ1v) is 6.00. The van der Waals surface area contributed by atoms with Crippen LogP contribution in [0.3, 0.4) is 0 Å². The summed E-state index contributed by atoms with van der Waals surface area (Å²) in [4.78, 5) is 11.7. The first kappa shape index (κ1) is 11.7. The number of rotatable bonds is 3. The van der Waals surface area contributed by atoms with Crippen molar-refractivity contribution in [1.82, 2.24) is 9.78 Å². The first-order valence-electron chi connectivity index (χ1n) is 6.00. The minimum atomic E-state index is -0.0751. The highest BCUT2D eigenvalue weighted by Crippen LogP contribution is 2.12. The Morgan fingerprint density at radius 1 is 1.16 bits per heavy atom. The van der Waals surface area contributed by atoms with Crippen LogP contribution in [0.1, 0.15) is 11.5 Å². The number of nitrogens with zero attached hydrogens (tertiary/aromatic N) is 2. The molecule has 2 heterocycles. The number of benzene rings is 1. The third-order valence-corrected chi connectivity index (χ3v) is 2.99. The van der Waals surface area contributed by atoms with Crippen molar-refractivity contribution in [1.29, 1.82) is 0 Å². The Morgan fingerprint density at radius 2 is 1.95 bits per heavy atom. The predicted octanol–water partition coefficient (Wildman–Crippen LogP) is 1.50. The van der Waals surface area contributed by atoms with Crippen LogP contribution >= 0.6 is 0 Å². The van der Waals surface area contributed by atoms with Crippen LogP contribution in [0, 0.1) is 0 Å². The molecule has 0 saturated heterocycles. The summed E-state index contributed by atoms with van der Waals surface area (Å²) in [5.41, 5.74) is 6.23. The number of hydrogen-bond donors (Lipinski definition) is 1. The van der Waals surface area contributed by atoms with E-state index in [9.17, 15) is 4.79 Å². The molecule has 0 aliphatic carbocycles. The zero-order chi connectivity index (χ0) is 13.2. The number of fused-ring (bicyclic) bond motifs is 1. The van der Waals surface area contributed by atoms with Crippen molar-refractivity contribution in [3.63, 3.8) is 0 Å². The molecule has 3 rings (SSSR count). The van der Waals surface area contributed by atoms with Gasteiger partial charge in [0.2, 0.25) is 5.43 Å². The van der Waals surface area contributed by atoms with Crippen molar-refractivity contribution in [2.24, 2.45) is 5.73 Å². The Balaban J connectivity index is 2.06. The standard InChI is InChI=1S/C14H13N3O2/c15-7-10-5-6-11(19-10)9-17-13-4-2-1-3-12(13)14(18)8-16-17/h1-6,8H,7,9,15H2. The van der Waals surface area contributed by atoms with Gasteiger partial charge in [0.15, 0.2) is 0 Å². The van der Waals surface area contributed by atoms with Crippen LogP contribution in [0.5, 0.6) is 0 Å². The smallest absolute Gasteiger partial charge is 0.207 e. The summed E-state index contributed by atoms with van der Waals surface area (Å²) in [6.45, 7) is 0.846. The van der Waals surface area contributed by atoms with Gasteiger partial charge in [0.25, 0.3) is 0 Å². The average Bonchev–Trinajstić information content (AvgIpc) is 2.90. The molecule has 0 aliphatic rings. The molecule has 19 heavy (non-hydrogen) atoms. The lowest BCUT2D eigenvalue weighted by Crippen LogP contribution is -2.12. The van der Waals surface area contributed by atoms with Crippen LogP contribution < -0.4 is 11.2 Å². The van der Waals surface area contributed by atoms with Gasteiger partial charge in [0.1, 0.15) is 11.5 Å². The summed E-state index contributed by atoms with van der Waals surface area (Å²) in [5.74, 6) is 1.50. The molecule has 3 aromatic rings. The Labute approximate surface area is 109 Å². The van der Waals surface area contributed by atoms with Crippen molar-refractivity contribution >= 4 is 10.9 Å². The monoisotopic (exact) mass is 255 g/mol. The highest BCUT2D eigenvalue weighted by atomic mass is 16.3. The largest absolute Gasteiger partial charge is 0.463 e. The Morgan fingerprint density at radius 3 is 2.74 bits per heavy atom. The molecule has 5 nitrogen and oxygen atoms in total. The fourth-order valence-corrected chi connectivity index (χ4v) is 2.05. The van der Waals surface area contributed by atoms with Crippen LogP contribution in [-0.4, -0.2) is 9.78 Å². The fourth-order valence-electron chi connectivity index (χ4n) is 2.05. The average molecular weight is 255 g/mol. The highest BCUT2D eigenvalue weighted by Gasteiger charge is 2.06. The number of aromatic nitrogens is 2. The lowest BCUT2D eigenvalue weighted by atomic mass is 10.2. The van der Waals surface area contributed by atoms with Crippen molar-refractivity contribution in [3.8, 4) is 0 Å². The molecule has 0 unspecified atom stereocenters. The van der Waals surface area contributed by atoms with E-state index in [-0.39, 0.29) is 5.43 Å². The van der Waals surface area contributed by atoms with Crippen molar-refractivity contribution in [2.45, 2.75) is 13.1 Å². The zero-order valence-corrected chi connectivity index (χ0v) is 10.2. The molecule has 0 saturated carbocycles. The number of para-hydroxylation sites is 1.